The van der Waals surface area contributed by atoms with Crippen molar-refractivity contribution in [3.63, 3.8) is 0 Å². The maximum Gasteiger partial charge on any atom is 0.412 e. The molecule has 0 spiro atoms. The number of sulfonamides is 1. The van der Waals surface area contributed by atoms with Crippen LogP contribution in [0.1, 0.15) is 46.4 Å². The Morgan fingerprint density at radius 3 is 2.59 bits per heavy atom. The van der Waals surface area contributed by atoms with Crippen molar-refractivity contribution >= 4 is 43.9 Å². The Hall–Kier alpha value is -2.76. The van der Waals surface area contributed by atoms with Gasteiger partial charge in [-0.25, -0.2) is 27.9 Å². The van der Waals surface area contributed by atoms with Crippen molar-refractivity contribution in [2.45, 2.75) is 59.2 Å². The third-order valence-corrected chi connectivity index (χ3v) is 5.99. The number of anilines is 1. The number of ether oxygens (including phenoxy) is 2. The third kappa shape index (κ3) is 6.43. The average molecular weight is 492 g/mol. The van der Waals surface area contributed by atoms with Gasteiger partial charge in [0, 0.05) is 24.1 Å². The largest absolute Gasteiger partial charge is 0.449 e. The highest BCUT2D eigenvalue weighted by molar-refractivity contribution is 7.88. The molecule has 0 fully saturated rings. The number of nitrogens with one attached hydrogen (secondary N) is 2. The maximum atomic E-state index is 12.4. The van der Waals surface area contributed by atoms with Gasteiger partial charge >= 0.3 is 6.09 Å². The Morgan fingerprint density at radius 1 is 1.18 bits per heavy atom. The number of pyridine rings is 1. The molecule has 0 saturated carbocycles. The Morgan fingerprint density at radius 2 is 1.91 bits per heavy atom. The fraction of sp³-hybridized carbons (Fsp3) is 0.522. The second-order valence-corrected chi connectivity index (χ2v) is 10.5. The predicted molar refractivity (Wildman–Crippen MR) is 132 cm³/mol. The van der Waals surface area contributed by atoms with E-state index in [1.165, 1.54) is 0 Å². The molecule has 186 valence electrons. The highest BCUT2D eigenvalue weighted by Gasteiger charge is 2.27. The number of carbonyl (C=O) groups excluding carboxylic acids is 1. The third-order valence-electron chi connectivity index (χ3n) is 5.06. The molecule has 11 heteroatoms. The van der Waals surface area contributed by atoms with Gasteiger partial charge in [-0.05, 0) is 33.3 Å². The van der Waals surface area contributed by atoms with Crippen LogP contribution in [-0.2, 0) is 32.6 Å². The van der Waals surface area contributed by atoms with Gasteiger partial charge < -0.3 is 14.0 Å². The fourth-order valence-electron chi connectivity index (χ4n) is 3.81. The van der Waals surface area contributed by atoms with Crippen molar-refractivity contribution in [2.75, 3.05) is 24.8 Å². The Labute approximate surface area is 200 Å². The second-order valence-electron chi connectivity index (χ2n) is 8.80. The van der Waals surface area contributed by atoms with Crippen molar-refractivity contribution in [1.29, 1.82) is 0 Å². The van der Waals surface area contributed by atoms with Crippen molar-refractivity contribution < 1.29 is 22.7 Å². The lowest BCUT2D eigenvalue weighted by Crippen LogP contribution is -2.46. The molecule has 2 heterocycles. The number of imidazole rings is 1. The van der Waals surface area contributed by atoms with Crippen molar-refractivity contribution in [3.05, 3.63) is 30.1 Å². The van der Waals surface area contributed by atoms with Gasteiger partial charge in [0.25, 0.3) is 0 Å². The molecule has 3 aromatic rings. The van der Waals surface area contributed by atoms with E-state index in [4.69, 9.17) is 14.5 Å². The molecule has 3 rings (SSSR count). The summed E-state index contributed by atoms with van der Waals surface area (Å²) in [4.78, 5) is 21.8. The molecule has 2 N–H and O–H groups in total. The molecule has 0 aliphatic rings. The number of carbonyl (C=O) groups is 1. The quantitative estimate of drug-likeness (QED) is 0.391. The van der Waals surface area contributed by atoms with Gasteiger partial charge in [-0.15, -0.1) is 0 Å². The molecule has 0 unspecified atom stereocenters. The Balaban J connectivity index is 2.17. The number of fused-ring (bicyclic) bond motifs is 3. The Kier molecular flexibility index (Phi) is 8.11. The van der Waals surface area contributed by atoms with Crippen LogP contribution in [0.4, 0.5) is 10.6 Å². The number of hydrogen-bond donors (Lipinski definition) is 2. The summed E-state index contributed by atoms with van der Waals surface area (Å²) >= 11 is 0. The molecule has 0 atom stereocenters. The van der Waals surface area contributed by atoms with Crippen LogP contribution in [0.2, 0.25) is 0 Å². The molecular formula is C23H33N5O5S. The lowest BCUT2D eigenvalue weighted by atomic mass is 10.1. The van der Waals surface area contributed by atoms with Gasteiger partial charge in [-0.2, -0.15) is 0 Å². The predicted octanol–water partition coefficient (Wildman–Crippen LogP) is 3.80. The number of para-hydroxylation sites is 1. The van der Waals surface area contributed by atoms with E-state index in [2.05, 4.69) is 15.0 Å². The number of amides is 1. The maximum absolute atomic E-state index is 12.4. The summed E-state index contributed by atoms with van der Waals surface area (Å²) in [6.07, 6.45) is 2.21. The van der Waals surface area contributed by atoms with Crippen LogP contribution in [0.3, 0.4) is 0 Å². The number of benzene rings is 1. The second kappa shape index (κ2) is 10.7. The molecule has 0 saturated heterocycles. The molecule has 0 radical (unpaired) electrons. The van der Waals surface area contributed by atoms with Crippen molar-refractivity contribution in [2.24, 2.45) is 0 Å². The number of nitrogens with zero attached hydrogens (tertiary/aromatic N) is 3. The molecule has 1 aromatic carbocycles. The molecule has 1 amide bonds. The van der Waals surface area contributed by atoms with E-state index in [-0.39, 0.29) is 19.0 Å². The topological polar surface area (TPSA) is 124 Å². The van der Waals surface area contributed by atoms with Gasteiger partial charge in [-0.1, -0.05) is 31.5 Å². The molecule has 2 aromatic heterocycles. The first-order valence-electron chi connectivity index (χ1n) is 11.3. The van der Waals surface area contributed by atoms with E-state index in [9.17, 15) is 13.2 Å². The van der Waals surface area contributed by atoms with Crippen LogP contribution in [0.25, 0.3) is 21.9 Å². The van der Waals surface area contributed by atoms with Gasteiger partial charge in [0.15, 0.2) is 5.82 Å². The first kappa shape index (κ1) is 25.9. The summed E-state index contributed by atoms with van der Waals surface area (Å²) in [5, 5.41) is 3.56. The first-order valence-corrected chi connectivity index (χ1v) is 13.2. The highest BCUT2D eigenvalue weighted by Crippen LogP contribution is 2.31. The minimum Gasteiger partial charge on any atom is -0.449 e. The van der Waals surface area contributed by atoms with Gasteiger partial charge in [0.1, 0.15) is 17.9 Å². The minimum absolute atomic E-state index is 0.217. The van der Waals surface area contributed by atoms with Crippen LogP contribution < -0.4 is 10.0 Å². The zero-order valence-electron chi connectivity index (χ0n) is 20.3. The van der Waals surface area contributed by atoms with Crippen molar-refractivity contribution in [3.8, 4) is 0 Å². The van der Waals surface area contributed by atoms with Crippen LogP contribution in [0, 0.1) is 0 Å². The van der Waals surface area contributed by atoms with Crippen LogP contribution in [-0.4, -0.2) is 54.1 Å². The van der Waals surface area contributed by atoms with Crippen LogP contribution in [0.5, 0.6) is 0 Å². The minimum atomic E-state index is -3.45. The van der Waals surface area contributed by atoms with Gasteiger partial charge in [0.2, 0.25) is 10.0 Å². The van der Waals surface area contributed by atoms with E-state index < -0.39 is 21.7 Å². The lowest BCUT2D eigenvalue weighted by Gasteiger charge is -2.27. The summed E-state index contributed by atoms with van der Waals surface area (Å²) in [5.74, 6) is 0.876. The number of unbranched alkanes of at least 4 members (excludes halogenated alkanes) is 1. The molecular weight excluding hydrogens is 458 g/mol. The normalized spacial score (nSPS) is 12.4. The van der Waals surface area contributed by atoms with Crippen LogP contribution in [0.15, 0.2) is 24.3 Å². The first-order chi connectivity index (χ1) is 16.0. The number of hydrogen-bond acceptors (Lipinski definition) is 7. The van der Waals surface area contributed by atoms with E-state index in [0.717, 1.165) is 30.0 Å². The summed E-state index contributed by atoms with van der Waals surface area (Å²) in [6, 6.07) is 7.53. The van der Waals surface area contributed by atoms with Crippen molar-refractivity contribution in [1.82, 2.24) is 19.3 Å². The summed E-state index contributed by atoms with van der Waals surface area (Å²) in [6.45, 7) is 8.81. The molecule has 0 bridgehead atoms. The number of rotatable bonds is 11. The van der Waals surface area contributed by atoms with E-state index in [1.54, 1.807) is 13.8 Å². The fourth-order valence-corrected chi connectivity index (χ4v) is 4.88. The lowest BCUT2D eigenvalue weighted by molar-refractivity contribution is 0.125. The van der Waals surface area contributed by atoms with E-state index >= 15 is 0 Å². The molecule has 0 aliphatic carbocycles. The Bertz CT molecular complexity index is 1270. The zero-order valence-corrected chi connectivity index (χ0v) is 21.2. The monoisotopic (exact) mass is 491 g/mol. The molecule has 0 aliphatic heterocycles. The van der Waals surface area contributed by atoms with Crippen LogP contribution >= 0.6 is 0 Å². The summed E-state index contributed by atoms with van der Waals surface area (Å²) in [5.41, 5.74) is 1.06. The van der Waals surface area contributed by atoms with Gasteiger partial charge in [-0.3, -0.25) is 5.32 Å². The average Bonchev–Trinajstić information content (AvgIpc) is 3.08. The zero-order chi connectivity index (χ0) is 24.9. The highest BCUT2D eigenvalue weighted by atomic mass is 32.2. The molecule has 34 heavy (non-hydrogen) atoms. The number of aromatic nitrogens is 3. The van der Waals surface area contributed by atoms with Gasteiger partial charge in [0.05, 0.1) is 23.9 Å². The summed E-state index contributed by atoms with van der Waals surface area (Å²) in [7, 11) is -3.45. The standard InChI is InChI=1S/C23H33N5O5S/c1-6-8-13-33-22(29)26-21-19-20(16-11-9-10-12-17(16)24-21)28(18(25-19)14-32-7-2)15-23(3,4)27-34(5,30)31/h9-12,27H,6-8,13-15H2,1-5H3,(H,24,26,29). The smallest absolute Gasteiger partial charge is 0.412 e. The summed E-state index contributed by atoms with van der Waals surface area (Å²) < 4.78 is 39.4. The van der Waals surface area contributed by atoms with E-state index in [1.807, 2.05) is 42.7 Å². The molecule has 10 nitrogen and oxygen atoms in total. The van der Waals surface area contributed by atoms with E-state index in [0.29, 0.717) is 30.1 Å². The SMILES string of the molecule is CCCCOC(=O)Nc1nc2ccccc2c2c1nc(COCC)n2CC(C)(C)NS(C)(=O)=O.